The standard InChI is InChI=1S/C12H15NO/c1-8-5-9(2)11-7-10(14)3-4-13-12(11)6-8/h5-6,13H,3-4,7H2,1-2H3. The quantitative estimate of drug-likeness (QED) is 0.678. The van der Waals surface area contributed by atoms with Gasteiger partial charge < -0.3 is 5.32 Å². The van der Waals surface area contributed by atoms with Gasteiger partial charge in [0, 0.05) is 25.1 Å². The molecule has 0 atom stereocenters. The van der Waals surface area contributed by atoms with Gasteiger partial charge in [-0.2, -0.15) is 0 Å². The topological polar surface area (TPSA) is 29.1 Å². The Labute approximate surface area is 84.3 Å². The van der Waals surface area contributed by atoms with Crippen molar-refractivity contribution in [3.8, 4) is 0 Å². The minimum Gasteiger partial charge on any atom is -0.384 e. The summed E-state index contributed by atoms with van der Waals surface area (Å²) in [4.78, 5) is 11.4. The van der Waals surface area contributed by atoms with E-state index >= 15 is 0 Å². The minimum atomic E-state index is 0.336. The normalized spacial score (nSPS) is 15.7. The molecular formula is C12H15NO. The summed E-state index contributed by atoms with van der Waals surface area (Å²) >= 11 is 0. The Morgan fingerprint density at radius 3 is 2.86 bits per heavy atom. The van der Waals surface area contributed by atoms with Gasteiger partial charge in [-0.3, -0.25) is 4.79 Å². The first-order chi connectivity index (χ1) is 6.66. The van der Waals surface area contributed by atoms with Crippen molar-refractivity contribution in [3.63, 3.8) is 0 Å². The fraction of sp³-hybridized carbons (Fsp3) is 0.417. The number of benzene rings is 1. The summed E-state index contributed by atoms with van der Waals surface area (Å²) < 4.78 is 0. The zero-order valence-electron chi connectivity index (χ0n) is 8.68. The number of anilines is 1. The van der Waals surface area contributed by atoms with E-state index in [-0.39, 0.29) is 0 Å². The molecule has 0 aromatic heterocycles. The van der Waals surface area contributed by atoms with E-state index in [0.717, 1.165) is 12.2 Å². The fourth-order valence-electron chi connectivity index (χ4n) is 2.01. The summed E-state index contributed by atoms with van der Waals surface area (Å²) in [5.41, 5.74) is 4.80. The van der Waals surface area contributed by atoms with Crippen LogP contribution in [0.5, 0.6) is 0 Å². The minimum absolute atomic E-state index is 0.336. The van der Waals surface area contributed by atoms with E-state index in [2.05, 4.69) is 31.3 Å². The second-order valence-electron chi connectivity index (χ2n) is 4.00. The van der Waals surface area contributed by atoms with Crippen LogP contribution in [0.15, 0.2) is 12.1 Å². The lowest BCUT2D eigenvalue weighted by Crippen LogP contribution is -2.03. The molecule has 1 heterocycles. The number of carbonyl (C=O) groups excluding carboxylic acids is 1. The summed E-state index contributed by atoms with van der Waals surface area (Å²) in [6, 6.07) is 4.26. The molecule has 0 aliphatic carbocycles. The number of nitrogens with one attached hydrogen (secondary N) is 1. The monoisotopic (exact) mass is 189 g/mol. The number of Topliss-reactive ketones (excluding diaryl/α,β-unsaturated/α-hetero) is 1. The predicted octanol–water partition coefficient (Wildman–Crippen LogP) is 2.23. The maximum absolute atomic E-state index is 11.4. The lowest BCUT2D eigenvalue weighted by molar-refractivity contribution is -0.118. The fourth-order valence-corrected chi connectivity index (χ4v) is 2.01. The van der Waals surface area contributed by atoms with Crippen LogP contribution in [-0.2, 0) is 11.2 Å². The summed E-state index contributed by atoms with van der Waals surface area (Å²) in [5, 5.41) is 3.32. The molecule has 14 heavy (non-hydrogen) atoms. The number of carbonyl (C=O) groups is 1. The Kier molecular flexibility index (Phi) is 2.28. The van der Waals surface area contributed by atoms with Gasteiger partial charge in [0.1, 0.15) is 5.78 Å². The number of ketones is 1. The van der Waals surface area contributed by atoms with E-state index in [9.17, 15) is 4.79 Å². The van der Waals surface area contributed by atoms with Crippen LogP contribution in [0.2, 0.25) is 0 Å². The van der Waals surface area contributed by atoms with Gasteiger partial charge in [0.25, 0.3) is 0 Å². The predicted molar refractivity (Wildman–Crippen MR) is 57.7 cm³/mol. The highest BCUT2D eigenvalue weighted by Gasteiger charge is 2.14. The smallest absolute Gasteiger partial charge is 0.139 e. The zero-order valence-corrected chi connectivity index (χ0v) is 8.68. The van der Waals surface area contributed by atoms with E-state index in [0.29, 0.717) is 18.6 Å². The molecule has 1 aromatic rings. The number of hydrogen-bond donors (Lipinski definition) is 1. The molecule has 0 spiro atoms. The molecule has 0 saturated carbocycles. The van der Waals surface area contributed by atoms with Crippen molar-refractivity contribution in [2.24, 2.45) is 0 Å². The molecule has 2 nitrogen and oxygen atoms in total. The van der Waals surface area contributed by atoms with Crippen molar-refractivity contribution in [3.05, 3.63) is 28.8 Å². The molecule has 1 aliphatic heterocycles. The van der Waals surface area contributed by atoms with Gasteiger partial charge in [0.2, 0.25) is 0 Å². The second-order valence-corrected chi connectivity index (χ2v) is 4.00. The molecule has 0 bridgehead atoms. The number of fused-ring (bicyclic) bond motifs is 1. The third-order valence-electron chi connectivity index (χ3n) is 2.71. The third kappa shape index (κ3) is 1.65. The summed E-state index contributed by atoms with van der Waals surface area (Å²) in [6.45, 7) is 4.93. The first-order valence-electron chi connectivity index (χ1n) is 5.02. The van der Waals surface area contributed by atoms with Gasteiger partial charge in [0.15, 0.2) is 0 Å². The zero-order chi connectivity index (χ0) is 10.1. The van der Waals surface area contributed by atoms with Gasteiger partial charge in [-0.25, -0.2) is 0 Å². The Bertz CT molecular complexity index is 382. The van der Waals surface area contributed by atoms with Crippen LogP contribution in [0.3, 0.4) is 0 Å². The van der Waals surface area contributed by atoms with Gasteiger partial charge in [-0.05, 0) is 36.6 Å². The molecule has 0 amide bonds. The van der Waals surface area contributed by atoms with Crippen LogP contribution < -0.4 is 5.32 Å². The number of hydrogen-bond acceptors (Lipinski definition) is 2. The average molecular weight is 189 g/mol. The summed E-state index contributed by atoms with van der Waals surface area (Å²) in [7, 11) is 0. The first kappa shape index (κ1) is 9.25. The van der Waals surface area contributed by atoms with Crippen LogP contribution in [0.1, 0.15) is 23.1 Å². The molecular weight excluding hydrogens is 174 g/mol. The highest BCUT2D eigenvalue weighted by atomic mass is 16.1. The lowest BCUT2D eigenvalue weighted by atomic mass is 9.99. The van der Waals surface area contributed by atoms with Crippen molar-refractivity contribution < 1.29 is 4.79 Å². The SMILES string of the molecule is Cc1cc(C)c2c(c1)NCCC(=O)C2. The number of rotatable bonds is 0. The van der Waals surface area contributed by atoms with Crippen molar-refractivity contribution in [2.45, 2.75) is 26.7 Å². The molecule has 74 valence electrons. The van der Waals surface area contributed by atoms with Gasteiger partial charge in [0.05, 0.1) is 0 Å². The highest BCUT2D eigenvalue weighted by molar-refractivity contribution is 5.85. The Morgan fingerprint density at radius 1 is 1.29 bits per heavy atom. The van der Waals surface area contributed by atoms with Gasteiger partial charge >= 0.3 is 0 Å². The van der Waals surface area contributed by atoms with Crippen LogP contribution in [0, 0.1) is 13.8 Å². The van der Waals surface area contributed by atoms with Gasteiger partial charge in [-0.15, -0.1) is 0 Å². The Balaban J connectivity index is 2.50. The molecule has 2 rings (SSSR count). The van der Waals surface area contributed by atoms with E-state index in [1.165, 1.54) is 16.7 Å². The Morgan fingerprint density at radius 2 is 2.07 bits per heavy atom. The first-order valence-corrected chi connectivity index (χ1v) is 5.02. The van der Waals surface area contributed by atoms with E-state index < -0.39 is 0 Å². The maximum Gasteiger partial charge on any atom is 0.139 e. The van der Waals surface area contributed by atoms with Crippen LogP contribution in [-0.4, -0.2) is 12.3 Å². The van der Waals surface area contributed by atoms with Crippen molar-refractivity contribution >= 4 is 11.5 Å². The maximum atomic E-state index is 11.4. The van der Waals surface area contributed by atoms with Gasteiger partial charge in [-0.1, -0.05) is 6.07 Å². The average Bonchev–Trinajstić information content (AvgIpc) is 2.27. The van der Waals surface area contributed by atoms with Crippen molar-refractivity contribution in [2.75, 3.05) is 11.9 Å². The molecule has 1 N–H and O–H groups in total. The van der Waals surface area contributed by atoms with E-state index in [4.69, 9.17) is 0 Å². The van der Waals surface area contributed by atoms with E-state index in [1.54, 1.807) is 0 Å². The van der Waals surface area contributed by atoms with E-state index in [1.807, 2.05) is 0 Å². The van der Waals surface area contributed by atoms with Crippen LogP contribution >= 0.6 is 0 Å². The molecule has 0 radical (unpaired) electrons. The van der Waals surface area contributed by atoms with Crippen molar-refractivity contribution in [1.29, 1.82) is 0 Å². The highest BCUT2D eigenvalue weighted by Crippen LogP contribution is 2.25. The molecule has 0 saturated heterocycles. The largest absolute Gasteiger partial charge is 0.384 e. The molecule has 1 aromatic carbocycles. The lowest BCUT2D eigenvalue weighted by Gasteiger charge is -2.11. The molecule has 2 heteroatoms. The second kappa shape index (κ2) is 3.45. The Hall–Kier alpha value is -1.31. The molecule has 0 fully saturated rings. The summed E-state index contributed by atoms with van der Waals surface area (Å²) in [5.74, 6) is 0.336. The molecule has 0 unspecified atom stereocenters. The molecule has 1 aliphatic rings. The number of aryl methyl sites for hydroxylation is 2. The van der Waals surface area contributed by atoms with Crippen LogP contribution in [0.25, 0.3) is 0 Å². The van der Waals surface area contributed by atoms with Crippen molar-refractivity contribution in [1.82, 2.24) is 0 Å². The third-order valence-corrected chi connectivity index (χ3v) is 2.71. The van der Waals surface area contributed by atoms with Crippen LogP contribution in [0.4, 0.5) is 5.69 Å². The summed E-state index contributed by atoms with van der Waals surface area (Å²) in [6.07, 6.45) is 1.24.